The molecule has 0 saturated carbocycles. The number of aryl methyl sites for hydroxylation is 1. The summed E-state index contributed by atoms with van der Waals surface area (Å²) in [6, 6.07) is 13.2. The second-order valence-corrected chi connectivity index (χ2v) is 6.43. The van der Waals surface area contributed by atoms with Crippen molar-refractivity contribution >= 4 is 16.7 Å². The van der Waals surface area contributed by atoms with Gasteiger partial charge in [0.2, 0.25) is 5.78 Å². The molecule has 5 aromatic rings. The molecule has 3 heterocycles. The molecule has 0 unspecified atom stereocenters. The third-order valence-corrected chi connectivity index (χ3v) is 4.68. The summed E-state index contributed by atoms with van der Waals surface area (Å²) in [4.78, 5) is 20.1. The molecule has 3 aromatic heterocycles. The molecule has 1 N–H and O–H groups in total. The minimum atomic E-state index is -0.340. The number of rotatable bonds is 3. The summed E-state index contributed by atoms with van der Waals surface area (Å²) in [5.41, 5.74) is 2.87. The van der Waals surface area contributed by atoms with Crippen LogP contribution in [0.2, 0.25) is 0 Å². The van der Waals surface area contributed by atoms with E-state index in [1.165, 1.54) is 22.7 Å². The number of nitrogens with one attached hydrogen (secondary N) is 1. The second-order valence-electron chi connectivity index (χ2n) is 6.43. The average Bonchev–Trinajstić information content (AvgIpc) is 3.32. The van der Waals surface area contributed by atoms with E-state index >= 15 is 0 Å². The summed E-state index contributed by atoms with van der Waals surface area (Å²) in [7, 11) is 0. The lowest BCUT2D eigenvalue weighted by atomic mass is 10.1. The quantitative estimate of drug-likeness (QED) is 0.526. The summed E-state index contributed by atoms with van der Waals surface area (Å²) >= 11 is 0. The lowest BCUT2D eigenvalue weighted by Crippen LogP contribution is -2.14. The third-order valence-electron chi connectivity index (χ3n) is 4.68. The predicted molar refractivity (Wildman–Crippen MR) is 103 cm³/mol. The van der Waals surface area contributed by atoms with Gasteiger partial charge in [-0.2, -0.15) is 14.6 Å². The van der Waals surface area contributed by atoms with E-state index < -0.39 is 0 Å². The molecule has 0 spiro atoms. The van der Waals surface area contributed by atoms with Gasteiger partial charge in [0.05, 0.1) is 17.4 Å². The van der Waals surface area contributed by atoms with Crippen LogP contribution in [0, 0.1) is 5.82 Å². The molecule has 0 radical (unpaired) electrons. The van der Waals surface area contributed by atoms with Crippen molar-refractivity contribution in [2.45, 2.75) is 13.5 Å². The van der Waals surface area contributed by atoms with E-state index in [2.05, 4.69) is 20.2 Å². The summed E-state index contributed by atoms with van der Waals surface area (Å²) < 4.78 is 16.3. The Labute approximate surface area is 158 Å². The number of fused-ring (bicyclic) bond motifs is 2. The molecule has 0 aliphatic rings. The highest BCUT2D eigenvalue weighted by Crippen LogP contribution is 2.23. The van der Waals surface area contributed by atoms with Gasteiger partial charge in [0.25, 0.3) is 5.56 Å². The Kier molecular flexibility index (Phi) is 3.58. The van der Waals surface area contributed by atoms with Gasteiger partial charge in [-0.3, -0.25) is 9.48 Å². The highest BCUT2D eigenvalue weighted by Gasteiger charge is 2.12. The fraction of sp³-hybridized carbons (Fsp3) is 0.100. The van der Waals surface area contributed by atoms with Crippen LogP contribution in [0.5, 0.6) is 0 Å². The fourth-order valence-corrected chi connectivity index (χ4v) is 3.27. The van der Waals surface area contributed by atoms with Gasteiger partial charge in [-0.15, -0.1) is 5.10 Å². The van der Waals surface area contributed by atoms with Crippen LogP contribution >= 0.6 is 0 Å². The molecule has 0 amide bonds. The normalized spacial score (nSPS) is 11.5. The minimum absolute atomic E-state index is 0.297. The van der Waals surface area contributed by atoms with Crippen LogP contribution in [0.4, 0.5) is 4.39 Å². The first kappa shape index (κ1) is 16.4. The van der Waals surface area contributed by atoms with E-state index in [0.717, 1.165) is 23.0 Å². The third kappa shape index (κ3) is 2.58. The molecule has 5 rings (SSSR count). The molecule has 0 aliphatic heterocycles. The second kappa shape index (κ2) is 6.12. The van der Waals surface area contributed by atoms with Crippen LogP contribution < -0.4 is 5.56 Å². The zero-order valence-electron chi connectivity index (χ0n) is 14.9. The molecule has 138 valence electrons. The van der Waals surface area contributed by atoms with Gasteiger partial charge in [-0.1, -0.05) is 6.07 Å². The Hall–Kier alpha value is -3.81. The maximum absolute atomic E-state index is 13.1. The van der Waals surface area contributed by atoms with E-state index in [9.17, 15) is 9.18 Å². The number of hydrogen-bond acceptors (Lipinski definition) is 4. The molecular formula is C20H15FN6O. The van der Waals surface area contributed by atoms with Crippen LogP contribution in [-0.2, 0) is 6.54 Å². The topological polar surface area (TPSA) is 80.9 Å². The summed E-state index contributed by atoms with van der Waals surface area (Å²) in [6.45, 7) is 2.83. The number of H-pyrrole nitrogens is 1. The lowest BCUT2D eigenvalue weighted by molar-refractivity contribution is 0.628. The molecule has 0 aliphatic carbocycles. The van der Waals surface area contributed by atoms with E-state index in [0.29, 0.717) is 22.9 Å². The Morgan fingerprint density at radius 2 is 1.86 bits per heavy atom. The maximum Gasteiger partial charge on any atom is 0.276 e. The number of benzene rings is 2. The predicted octanol–water partition coefficient (Wildman–Crippen LogP) is 3.26. The first-order valence-electron chi connectivity index (χ1n) is 8.84. The van der Waals surface area contributed by atoms with Crippen LogP contribution in [0.1, 0.15) is 6.92 Å². The molecule has 0 fully saturated rings. The van der Waals surface area contributed by atoms with E-state index in [1.54, 1.807) is 12.1 Å². The maximum atomic E-state index is 13.1. The Bertz CT molecular complexity index is 1380. The average molecular weight is 374 g/mol. The Morgan fingerprint density at radius 1 is 1.07 bits per heavy atom. The van der Waals surface area contributed by atoms with Gasteiger partial charge in [-0.25, -0.2) is 4.39 Å². The van der Waals surface area contributed by atoms with Crippen molar-refractivity contribution < 1.29 is 4.39 Å². The highest BCUT2D eigenvalue weighted by molar-refractivity contribution is 5.84. The van der Waals surface area contributed by atoms with Crippen molar-refractivity contribution in [3.05, 3.63) is 70.9 Å². The zero-order valence-corrected chi connectivity index (χ0v) is 14.9. The molecule has 28 heavy (non-hydrogen) atoms. The first-order valence-corrected chi connectivity index (χ1v) is 8.84. The number of nitrogens with zero attached hydrogens (tertiary/aromatic N) is 5. The molecule has 2 aromatic carbocycles. The fourth-order valence-electron chi connectivity index (χ4n) is 3.27. The molecular weight excluding hydrogens is 359 g/mol. The largest absolute Gasteiger partial charge is 0.323 e. The SMILES string of the molecule is CCn1ncc2cc(-c3cc(=O)n4nc(-c5ccc(F)cc5)nc4[nH]3)ccc21. The summed E-state index contributed by atoms with van der Waals surface area (Å²) in [5, 5.41) is 9.58. The Morgan fingerprint density at radius 3 is 2.64 bits per heavy atom. The van der Waals surface area contributed by atoms with Crippen molar-refractivity contribution in [3.8, 4) is 22.6 Å². The van der Waals surface area contributed by atoms with Crippen molar-refractivity contribution in [2.24, 2.45) is 0 Å². The van der Waals surface area contributed by atoms with Crippen LogP contribution in [0.25, 0.3) is 39.3 Å². The van der Waals surface area contributed by atoms with Crippen LogP contribution in [0.15, 0.2) is 59.5 Å². The number of halogens is 1. The molecule has 7 nitrogen and oxygen atoms in total. The van der Waals surface area contributed by atoms with E-state index in [4.69, 9.17) is 0 Å². The first-order chi connectivity index (χ1) is 13.6. The number of aromatic nitrogens is 6. The van der Waals surface area contributed by atoms with Crippen molar-refractivity contribution in [2.75, 3.05) is 0 Å². The van der Waals surface area contributed by atoms with Gasteiger partial charge >= 0.3 is 0 Å². The minimum Gasteiger partial charge on any atom is -0.323 e. The van der Waals surface area contributed by atoms with Gasteiger partial charge < -0.3 is 4.98 Å². The van der Waals surface area contributed by atoms with Crippen LogP contribution in [0.3, 0.4) is 0 Å². The van der Waals surface area contributed by atoms with Crippen LogP contribution in [-0.4, -0.2) is 29.4 Å². The molecule has 8 heteroatoms. The Balaban J connectivity index is 1.62. The molecule has 0 bridgehead atoms. The summed E-state index contributed by atoms with van der Waals surface area (Å²) in [5.74, 6) is 0.337. The van der Waals surface area contributed by atoms with Gasteiger partial charge in [0.1, 0.15) is 5.82 Å². The molecule has 0 atom stereocenters. The number of hydrogen-bond donors (Lipinski definition) is 1. The summed E-state index contributed by atoms with van der Waals surface area (Å²) in [6.07, 6.45) is 1.81. The number of aromatic amines is 1. The standard InChI is InChI=1S/C20H15FN6O/c1-2-26-17-8-5-13(9-14(17)11-22-26)16-10-18(28)27-20(23-16)24-19(25-27)12-3-6-15(21)7-4-12/h3-11H,2H2,1H3,(H,23,24,25). The zero-order chi connectivity index (χ0) is 19.3. The van der Waals surface area contributed by atoms with Crippen molar-refractivity contribution in [3.63, 3.8) is 0 Å². The van der Waals surface area contributed by atoms with Gasteiger partial charge in [-0.05, 0) is 48.9 Å². The smallest absolute Gasteiger partial charge is 0.276 e. The highest BCUT2D eigenvalue weighted by atomic mass is 19.1. The van der Waals surface area contributed by atoms with Gasteiger partial charge in [0, 0.05) is 23.6 Å². The molecule has 0 saturated heterocycles. The lowest BCUT2D eigenvalue weighted by Gasteiger charge is -2.03. The van der Waals surface area contributed by atoms with Crippen molar-refractivity contribution in [1.82, 2.24) is 29.4 Å². The monoisotopic (exact) mass is 374 g/mol. The van der Waals surface area contributed by atoms with E-state index in [1.807, 2.05) is 36.0 Å². The van der Waals surface area contributed by atoms with Gasteiger partial charge in [0.15, 0.2) is 5.82 Å². The van der Waals surface area contributed by atoms with Crippen molar-refractivity contribution in [1.29, 1.82) is 0 Å². The van der Waals surface area contributed by atoms with E-state index in [-0.39, 0.29) is 11.4 Å².